The number of halogens is 6. The van der Waals surface area contributed by atoms with Gasteiger partial charge in [0, 0.05) is 6.42 Å². The first kappa shape index (κ1) is 14.7. The number of aromatic nitrogens is 2. The van der Waals surface area contributed by atoms with Crippen molar-refractivity contribution in [2.24, 2.45) is 0 Å². The number of nitrogens with zero attached hydrogens (tertiary/aromatic N) is 2. The molecule has 18 heavy (non-hydrogen) atoms. The molecule has 0 aliphatic rings. The molecular weight excluding hydrogens is 268 g/mol. The minimum Gasteiger partial charge on any atom is -0.338 e. The van der Waals surface area contributed by atoms with Gasteiger partial charge in [-0.3, -0.25) is 0 Å². The van der Waals surface area contributed by atoms with Crippen molar-refractivity contribution in [1.29, 1.82) is 0 Å². The van der Waals surface area contributed by atoms with Crippen LogP contribution in [0.4, 0.5) is 26.3 Å². The van der Waals surface area contributed by atoms with E-state index in [1.807, 2.05) is 5.32 Å². The van der Waals surface area contributed by atoms with Crippen molar-refractivity contribution in [1.82, 2.24) is 15.5 Å². The Morgan fingerprint density at radius 3 is 2.28 bits per heavy atom. The maximum Gasteiger partial charge on any atom is 0.401 e. The Balaban J connectivity index is 2.35. The molecule has 0 atom stereocenters. The summed E-state index contributed by atoms with van der Waals surface area (Å²) in [4.78, 5) is 3.53. The van der Waals surface area contributed by atoms with Crippen molar-refractivity contribution < 1.29 is 30.9 Å². The Bertz CT molecular complexity index is 372. The molecule has 1 heterocycles. The van der Waals surface area contributed by atoms with Crippen LogP contribution in [0.25, 0.3) is 0 Å². The van der Waals surface area contributed by atoms with E-state index in [4.69, 9.17) is 0 Å². The first-order valence-electron chi connectivity index (χ1n) is 4.81. The number of alkyl halides is 6. The topological polar surface area (TPSA) is 51.0 Å². The zero-order chi connectivity index (χ0) is 13.8. The third kappa shape index (κ3) is 6.42. The quantitative estimate of drug-likeness (QED) is 0.838. The van der Waals surface area contributed by atoms with Crippen LogP contribution in [0.1, 0.15) is 18.1 Å². The number of rotatable bonds is 5. The van der Waals surface area contributed by atoms with Crippen LogP contribution in [0, 0.1) is 0 Å². The maximum absolute atomic E-state index is 11.9. The van der Waals surface area contributed by atoms with Crippen LogP contribution in [0.5, 0.6) is 0 Å². The monoisotopic (exact) mass is 277 g/mol. The summed E-state index contributed by atoms with van der Waals surface area (Å²) in [6, 6.07) is 0. The Morgan fingerprint density at radius 1 is 1.06 bits per heavy atom. The molecule has 0 bridgehead atoms. The minimum absolute atomic E-state index is 0.184. The molecule has 0 aliphatic heterocycles. The van der Waals surface area contributed by atoms with E-state index in [0.29, 0.717) is 0 Å². The molecule has 0 radical (unpaired) electrons. The van der Waals surface area contributed by atoms with E-state index in [-0.39, 0.29) is 18.3 Å². The first-order chi connectivity index (χ1) is 8.16. The second kappa shape index (κ2) is 5.55. The molecule has 10 heteroatoms. The molecule has 1 aromatic rings. The zero-order valence-corrected chi connectivity index (χ0v) is 8.90. The van der Waals surface area contributed by atoms with Gasteiger partial charge in [0.15, 0.2) is 5.82 Å². The molecule has 1 rings (SSSR count). The molecular formula is C8H9F6N3O. The highest BCUT2D eigenvalue weighted by molar-refractivity contribution is 4.87. The summed E-state index contributed by atoms with van der Waals surface area (Å²) in [5.41, 5.74) is 0. The van der Waals surface area contributed by atoms with Crippen LogP contribution in [-0.2, 0) is 13.0 Å². The van der Waals surface area contributed by atoms with Crippen molar-refractivity contribution in [2.75, 3.05) is 6.54 Å². The molecule has 0 aromatic carbocycles. The lowest BCUT2D eigenvalue weighted by atomic mass is 10.3. The van der Waals surface area contributed by atoms with Crippen molar-refractivity contribution in [3.63, 3.8) is 0 Å². The molecule has 1 aromatic heterocycles. The van der Waals surface area contributed by atoms with Crippen LogP contribution < -0.4 is 5.32 Å². The van der Waals surface area contributed by atoms with Gasteiger partial charge in [-0.15, -0.1) is 0 Å². The van der Waals surface area contributed by atoms with Gasteiger partial charge in [-0.05, 0) is 0 Å². The fraction of sp³-hybridized carbons (Fsp3) is 0.750. The van der Waals surface area contributed by atoms with E-state index in [2.05, 4.69) is 14.7 Å². The summed E-state index contributed by atoms with van der Waals surface area (Å²) in [5, 5.41) is 5.21. The molecule has 0 aliphatic carbocycles. The Kier molecular flexibility index (Phi) is 4.54. The average molecular weight is 277 g/mol. The molecule has 0 saturated carbocycles. The van der Waals surface area contributed by atoms with Gasteiger partial charge in [0.2, 0.25) is 5.89 Å². The highest BCUT2D eigenvalue weighted by atomic mass is 19.4. The Labute approximate surface area is 97.3 Å². The van der Waals surface area contributed by atoms with Crippen LogP contribution in [-0.4, -0.2) is 29.0 Å². The summed E-state index contributed by atoms with van der Waals surface area (Å²) in [6.45, 7) is -1.59. The number of aryl methyl sites for hydroxylation is 1. The second-order valence-corrected chi connectivity index (χ2v) is 3.44. The Hall–Kier alpha value is -1.32. The molecule has 0 spiro atoms. The van der Waals surface area contributed by atoms with Crippen molar-refractivity contribution in [2.45, 2.75) is 31.7 Å². The lowest BCUT2D eigenvalue weighted by Gasteiger charge is -2.05. The van der Waals surface area contributed by atoms with Gasteiger partial charge < -0.3 is 9.84 Å². The van der Waals surface area contributed by atoms with Crippen molar-refractivity contribution >= 4 is 0 Å². The molecule has 0 amide bonds. The van der Waals surface area contributed by atoms with Gasteiger partial charge in [-0.25, -0.2) is 0 Å². The van der Waals surface area contributed by atoms with Crippen LogP contribution >= 0.6 is 0 Å². The fourth-order valence-electron chi connectivity index (χ4n) is 1.03. The zero-order valence-electron chi connectivity index (χ0n) is 8.90. The molecule has 4 nitrogen and oxygen atoms in total. The molecule has 104 valence electrons. The summed E-state index contributed by atoms with van der Waals surface area (Å²) in [7, 11) is 0. The highest BCUT2D eigenvalue weighted by Crippen LogP contribution is 2.21. The first-order valence-corrected chi connectivity index (χ1v) is 4.81. The molecule has 1 N–H and O–H groups in total. The third-order valence-electron chi connectivity index (χ3n) is 1.74. The van der Waals surface area contributed by atoms with E-state index in [0.717, 1.165) is 0 Å². The van der Waals surface area contributed by atoms with E-state index in [1.165, 1.54) is 0 Å². The normalized spacial score (nSPS) is 13.0. The minimum atomic E-state index is -4.38. The van der Waals surface area contributed by atoms with E-state index >= 15 is 0 Å². The Morgan fingerprint density at radius 2 is 1.72 bits per heavy atom. The fourth-order valence-corrected chi connectivity index (χ4v) is 1.03. The molecule has 0 saturated heterocycles. The predicted octanol–water partition coefficient (Wildman–Crippen LogP) is 2.22. The largest absolute Gasteiger partial charge is 0.401 e. The van der Waals surface area contributed by atoms with Gasteiger partial charge in [-0.2, -0.15) is 31.3 Å². The second-order valence-electron chi connectivity index (χ2n) is 3.44. The van der Waals surface area contributed by atoms with Crippen molar-refractivity contribution in [3.05, 3.63) is 11.7 Å². The summed E-state index contributed by atoms with van der Waals surface area (Å²) < 4.78 is 75.3. The summed E-state index contributed by atoms with van der Waals surface area (Å²) >= 11 is 0. The number of nitrogens with one attached hydrogen (secondary N) is 1. The smallest absolute Gasteiger partial charge is 0.338 e. The van der Waals surface area contributed by atoms with Gasteiger partial charge in [-0.1, -0.05) is 5.16 Å². The third-order valence-corrected chi connectivity index (χ3v) is 1.74. The highest BCUT2D eigenvalue weighted by Gasteiger charge is 2.28. The van der Waals surface area contributed by atoms with E-state index in [9.17, 15) is 26.3 Å². The van der Waals surface area contributed by atoms with Crippen LogP contribution in [0.15, 0.2) is 4.52 Å². The summed E-state index contributed by atoms with van der Waals surface area (Å²) in [6.07, 6.45) is -10.3. The van der Waals surface area contributed by atoms with Gasteiger partial charge in [0.25, 0.3) is 0 Å². The molecule has 0 fully saturated rings. The van der Waals surface area contributed by atoms with Crippen LogP contribution in [0.3, 0.4) is 0 Å². The SMILES string of the molecule is FC(F)(F)CCc1noc(CNCC(F)(F)F)n1. The lowest BCUT2D eigenvalue weighted by molar-refractivity contribution is -0.134. The standard InChI is InChI=1S/C8H9F6N3O/c9-7(10,11)2-1-5-16-6(18-17-5)3-15-4-8(12,13)14/h15H,1-4H2. The van der Waals surface area contributed by atoms with Gasteiger partial charge in [0.1, 0.15) is 0 Å². The summed E-state index contributed by atoms with van der Waals surface area (Å²) in [5.74, 6) is -0.368. The number of hydrogen-bond acceptors (Lipinski definition) is 4. The number of hydrogen-bond donors (Lipinski definition) is 1. The molecule has 0 unspecified atom stereocenters. The van der Waals surface area contributed by atoms with E-state index < -0.39 is 31.7 Å². The van der Waals surface area contributed by atoms with Gasteiger partial charge in [0.05, 0.1) is 19.5 Å². The van der Waals surface area contributed by atoms with Crippen LogP contribution in [0.2, 0.25) is 0 Å². The average Bonchev–Trinajstić information content (AvgIpc) is 2.60. The van der Waals surface area contributed by atoms with Crippen molar-refractivity contribution in [3.8, 4) is 0 Å². The van der Waals surface area contributed by atoms with Gasteiger partial charge >= 0.3 is 12.4 Å². The predicted molar refractivity (Wildman–Crippen MR) is 46.4 cm³/mol. The lowest BCUT2D eigenvalue weighted by Crippen LogP contribution is -2.28. The van der Waals surface area contributed by atoms with E-state index in [1.54, 1.807) is 0 Å². The maximum atomic E-state index is 11.9.